The fourth-order valence-electron chi connectivity index (χ4n) is 1.30. The molecule has 80 valence electrons. The minimum absolute atomic E-state index is 0.144. The Labute approximate surface area is 91.8 Å². The van der Waals surface area contributed by atoms with Crippen LogP contribution in [0.2, 0.25) is 0 Å². The van der Waals surface area contributed by atoms with E-state index in [0.29, 0.717) is 0 Å². The molecule has 0 aromatic carbocycles. The van der Waals surface area contributed by atoms with Crippen molar-refractivity contribution in [2.45, 2.75) is 0 Å². The molecule has 2 rings (SSSR count). The van der Waals surface area contributed by atoms with E-state index < -0.39 is 5.91 Å². The van der Waals surface area contributed by atoms with Gasteiger partial charge >= 0.3 is 0 Å². The van der Waals surface area contributed by atoms with Crippen molar-refractivity contribution in [3.63, 3.8) is 0 Å². The Balaban J connectivity index is 2.40. The number of hydroxylamine groups is 1. The second-order valence-corrected chi connectivity index (χ2v) is 3.09. The van der Waals surface area contributed by atoms with E-state index >= 15 is 0 Å². The molecule has 0 radical (unpaired) electrons. The van der Waals surface area contributed by atoms with E-state index in [4.69, 9.17) is 5.21 Å². The number of rotatable bonds is 2. The molecule has 16 heavy (non-hydrogen) atoms. The second kappa shape index (κ2) is 4.50. The molecule has 0 spiro atoms. The number of amides is 1. The second-order valence-electron chi connectivity index (χ2n) is 3.09. The highest BCUT2D eigenvalue weighted by atomic mass is 16.5. The quantitative estimate of drug-likeness (QED) is 0.584. The first-order valence-electron chi connectivity index (χ1n) is 4.63. The Morgan fingerprint density at radius 3 is 2.75 bits per heavy atom. The van der Waals surface area contributed by atoms with Gasteiger partial charge in [0.05, 0.1) is 5.69 Å². The van der Waals surface area contributed by atoms with Crippen molar-refractivity contribution in [1.82, 2.24) is 15.4 Å². The fourth-order valence-corrected chi connectivity index (χ4v) is 1.30. The largest absolute Gasteiger partial charge is 0.293 e. The van der Waals surface area contributed by atoms with Gasteiger partial charge in [0.25, 0.3) is 5.91 Å². The molecule has 1 amide bonds. The van der Waals surface area contributed by atoms with Gasteiger partial charge in [-0.2, -0.15) is 0 Å². The molecule has 0 aliphatic rings. The number of carbonyl (C=O) groups excluding carboxylic acids is 1. The van der Waals surface area contributed by atoms with Gasteiger partial charge in [0.2, 0.25) is 0 Å². The lowest BCUT2D eigenvalue weighted by molar-refractivity contribution is 0.0701. The third kappa shape index (κ3) is 2.04. The first kappa shape index (κ1) is 10.3. The molecule has 0 saturated heterocycles. The van der Waals surface area contributed by atoms with Crippen molar-refractivity contribution in [2.24, 2.45) is 0 Å². The van der Waals surface area contributed by atoms with E-state index in [1.165, 1.54) is 11.7 Å². The molecule has 0 aliphatic heterocycles. The lowest BCUT2D eigenvalue weighted by Gasteiger charge is -2.02. The topological polar surface area (TPSA) is 75.1 Å². The molecule has 2 N–H and O–H groups in total. The van der Waals surface area contributed by atoms with Gasteiger partial charge in [-0.1, -0.05) is 6.07 Å². The summed E-state index contributed by atoms with van der Waals surface area (Å²) in [6.07, 6.45) is 3.16. The maximum Gasteiger partial charge on any atom is 0.293 e. The van der Waals surface area contributed by atoms with Crippen molar-refractivity contribution < 1.29 is 10.0 Å². The predicted octanol–water partition coefficient (Wildman–Crippen LogP) is 1.26. The van der Waals surface area contributed by atoms with Crippen LogP contribution in [0.4, 0.5) is 0 Å². The third-order valence-electron chi connectivity index (χ3n) is 2.05. The summed E-state index contributed by atoms with van der Waals surface area (Å²) >= 11 is 0. The predicted molar refractivity (Wildman–Crippen MR) is 56.7 cm³/mol. The molecular weight excluding hydrogens is 206 g/mol. The van der Waals surface area contributed by atoms with E-state index in [-0.39, 0.29) is 5.69 Å². The summed E-state index contributed by atoms with van der Waals surface area (Å²) in [5.41, 5.74) is 3.20. The highest BCUT2D eigenvalue weighted by Crippen LogP contribution is 2.15. The summed E-state index contributed by atoms with van der Waals surface area (Å²) in [5, 5.41) is 8.49. The molecule has 2 aromatic rings. The first-order valence-corrected chi connectivity index (χ1v) is 4.63. The number of hydrogen-bond donors (Lipinski definition) is 2. The summed E-state index contributed by atoms with van der Waals surface area (Å²) in [5.74, 6) is -0.641. The van der Waals surface area contributed by atoms with Crippen molar-refractivity contribution >= 4 is 5.91 Å². The van der Waals surface area contributed by atoms with Gasteiger partial charge in [0, 0.05) is 18.0 Å². The van der Waals surface area contributed by atoms with E-state index in [9.17, 15) is 4.79 Å². The Morgan fingerprint density at radius 2 is 2.06 bits per heavy atom. The van der Waals surface area contributed by atoms with Gasteiger partial charge < -0.3 is 0 Å². The summed E-state index contributed by atoms with van der Waals surface area (Å²) in [4.78, 5) is 19.1. The monoisotopic (exact) mass is 215 g/mol. The molecule has 0 saturated carbocycles. The van der Waals surface area contributed by atoms with Crippen LogP contribution >= 0.6 is 0 Å². The Morgan fingerprint density at radius 1 is 1.19 bits per heavy atom. The Hall–Kier alpha value is -2.27. The zero-order valence-corrected chi connectivity index (χ0v) is 8.29. The highest BCUT2D eigenvalue weighted by molar-refractivity contribution is 5.92. The zero-order chi connectivity index (χ0) is 11.4. The van der Waals surface area contributed by atoms with Crippen molar-refractivity contribution in [1.29, 1.82) is 0 Å². The first-order chi connectivity index (χ1) is 7.81. The van der Waals surface area contributed by atoms with E-state index in [1.54, 1.807) is 18.3 Å². The van der Waals surface area contributed by atoms with Crippen molar-refractivity contribution in [3.05, 3.63) is 48.4 Å². The third-order valence-corrected chi connectivity index (χ3v) is 2.05. The lowest BCUT2D eigenvalue weighted by Crippen LogP contribution is -2.19. The highest BCUT2D eigenvalue weighted by Gasteiger charge is 2.07. The number of nitrogens with zero attached hydrogens (tertiary/aromatic N) is 2. The SMILES string of the molecule is O=C(NO)c1cc(-c2ccccn2)ccn1. The fraction of sp³-hybridized carbons (Fsp3) is 0. The smallest absolute Gasteiger partial charge is 0.288 e. The van der Waals surface area contributed by atoms with Crippen LogP contribution in [0.1, 0.15) is 10.5 Å². The van der Waals surface area contributed by atoms with Crippen molar-refractivity contribution in [3.8, 4) is 11.3 Å². The molecule has 0 aliphatic carbocycles. The maximum absolute atomic E-state index is 11.2. The van der Waals surface area contributed by atoms with Gasteiger partial charge in [-0.05, 0) is 24.3 Å². The van der Waals surface area contributed by atoms with Crippen LogP contribution in [0.3, 0.4) is 0 Å². The average molecular weight is 215 g/mol. The van der Waals surface area contributed by atoms with Crippen LogP contribution in [-0.4, -0.2) is 21.1 Å². The van der Waals surface area contributed by atoms with E-state index in [2.05, 4.69) is 9.97 Å². The van der Waals surface area contributed by atoms with Gasteiger partial charge in [-0.15, -0.1) is 0 Å². The summed E-state index contributed by atoms with van der Waals surface area (Å²) < 4.78 is 0. The van der Waals surface area contributed by atoms with E-state index in [1.807, 2.05) is 18.2 Å². The standard InChI is InChI=1S/C11H9N3O2/c15-11(14-16)10-7-8(4-6-13-10)9-3-1-2-5-12-9/h1-7,16H,(H,14,15). The number of carbonyl (C=O) groups is 1. The molecule has 0 atom stereocenters. The lowest BCUT2D eigenvalue weighted by atomic mass is 10.1. The van der Waals surface area contributed by atoms with Gasteiger partial charge in [-0.3, -0.25) is 20.0 Å². The molecule has 0 fully saturated rings. The number of nitrogens with one attached hydrogen (secondary N) is 1. The molecule has 5 heteroatoms. The average Bonchev–Trinajstić information content (AvgIpc) is 2.39. The maximum atomic E-state index is 11.2. The van der Waals surface area contributed by atoms with Crippen LogP contribution < -0.4 is 5.48 Å². The minimum atomic E-state index is -0.641. The molecule has 2 aromatic heterocycles. The summed E-state index contributed by atoms with van der Waals surface area (Å²) in [7, 11) is 0. The summed E-state index contributed by atoms with van der Waals surface area (Å²) in [6, 6.07) is 8.81. The van der Waals surface area contributed by atoms with Crippen molar-refractivity contribution in [2.75, 3.05) is 0 Å². The molecule has 2 heterocycles. The Kier molecular flexibility index (Phi) is 2.88. The van der Waals surface area contributed by atoms with Crippen LogP contribution in [0.15, 0.2) is 42.7 Å². The van der Waals surface area contributed by atoms with Crippen LogP contribution in [-0.2, 0) is 0 Å². The number of hydrogen-bond acceptors (Lipinski definition) is 4. The van der Waals surface area contributed by atoms with E-state index in [0.717, 1.165) is 11.3 Å². The van der Waals surface area contributed by atoms with Gasteiger partial charge in [0.1, 0.15) is 5.69 Å². The summed E-state index contributed by atoms with van der Waals surface area (Å²) in [6.45, 7) is 0. The van der Waals surface area contributed by atoms with Gasteiger partial charge in [0.15, 0.2) is 0 Å². The van der Waals surface area contributed by atoms with Gasteiger partial charge in [-0.25, -0.2) is 5.48 Å². The van der Waals surface area contributed by atoms with Crippen LogP contribution in [0, 0.1) is 0 Å². The van der Waals surface area contributed by atoms with Crippen LogP contribution in [0.25, 0.3) is 11.3 Å². The normalized spacial score (nSPS) is 9.81. The Bertz CT molecular complexity index is 500. The minimum Gasteiger partial charge on any atom is -0.288 e. The molecular formula is C11H9N3O2. The molecule has 0 unspecified atom stereocenters. The van der Waals surface area contributed by atoms with Crippen LogP contribution in [0.5, 0.6) is 0 Å². The molecule has 0 bridgehead atoms. The number of aromatic nitrogens is 2. The molecule has 5 nitrogen and oxygen atoms in total. The number of pyridine rings is 2. The zero-order valence-electron chi connectivity index (χ0n) is 8.29.